The monoisotopic (exact) mass is 324 g/mol. The van der Waals surface area contributed by atoms with Gasteiger partial charge in [-0.15, -0.1) is 0 Å². The summed E-state index contributed by atoms with van der Waals surface area (Å²) < 4.78 is 0. The van der Waals surface area contributed by atoms with Crippen molar-refractivity contribution in [3.8, 4) is 0 Å². The molecule has 0 spiro atoms. The molecule has 0 fully saturated rings. The highest BCUT2D eigenvalue weighted by atomic mass is 16.1. The van der Waals surface area contributed by atoms with Gasteiger partial charge in [0.05, 0.1) is 0 Å². The Kier molecular flexibility index (Phi) is 3.87. The van der Waals surface area contributed by atoms with Gasteiger partial charge < -0.3 is 0 Å². The fourth-order valence-corrected chi connectivity index (χ4v) is 3.39. The minimum Gasteiger partial charge on any atom is -0.289 e. The van der Waals surface area contributed by atoms with E-state index < -0.39 is 0 Å². The van der Waals surface area contributed by atoms with E-state index in [4.69, 9.17) is 0 Å². The summed E-state index contributed by atoms with van der Waals surface area (Å²) in [4.78, 5) is 25.7. The minimum atomic E-state index is -0.257. The Morgan fingerprint density at radius 3 is 1.60 bits per heavy atom. The molecule has 1 aliphatic rings. The lowest BCUT2D eigenvalue weighted by Gasteiger charge is -2.24. The van der Waals surface area contributed by atoms with Crippen molar-refractivity contribution in [1.82, 2.24) is 0 Å². The van der Waals surface area contributed by atoms with Gasteiger partial charge in [-0.25, -0.2) is 0 Å². The SMILES string of the molecule is O=C1C=C(C(c2ccccc2)c2ccccc2)C(=O)c2ccccc21. The Morgan fingerprint density at radius 2 is 1.04 bits per heavy atom. The molecule has 1 aliphatic carbocycles. The number of hydrogen-bond acceptors (Lipinski definition) is 2. The highest BCUT2D eigenvalue weighted by molar-refractivity contribution is 6.25. The van der Waals surface area contributed by atoms with Crippen LogP contribution in [0.5, 0.6) is 0 Å². The van der Waals surface area contributed by atoms with Gasteiger partial charge in [0.1, 0.15) is 0 Å². The van der Waals surface area contributed by atoms with E-state index >= 15 is 0 Å². The summed E-state index contributed by atoms with van der Waals surface area (Å²) in [7, 11) is 0. The van der Waals surface area contributed by atoms with Gasteiger partial charge in [-0.05, 0) is 17.2 Å². The summed E-state index contributed by atoms with van der Waals surface area (Å²) in [6, 6.07) is 26.7. The van der Waals surface area contributed by atoms with Crippen LogP contribution in [0, 0.1) is 0 Å². The van der Waals surface area contributed by atoms with Crippen LogP contribution in [0.2, 0.25) is 0 Å². The van der Waals surface area contributed by atoms with E-state index in [1.165, 1.54) is 6.08 Å². The lowest BCUT2D eigenvalue weighted by atomic mass is 9.77. The number of allylic oxidation sites excluding steroid dienone is 2. The van der Waals surface area contributed by atoms with E-state index in [2.05, 4.69) is 0 Å². The summed E-state index contributed by atoms with van der Waals surface area (Å²) in [6.07, 6.45) is 1.51. The molecule has 0 aliphatic heterocycles. The average Bonchev–Trinajstić information content (AvgIpc) is 2.68. The van der Waals surface area contributed by atoms with Crippen LogP contribution in [0.1, 0.15) is 37.8 Å². The molecule has 2 heteroatoms. The van der Waals surface area contributed by atoms with E-state index in [1.807, 2.05) is 60.7 Å². The zero-order valence-electron chi connectivity index (χ0n) is 13.6. The third-order valence-electron chi connectivity index (χ3n) is 4.56. The maximum absolute atomic E-state index is 13.1. The lowest BCUT2D eigenvalue weighted by molar-refractivity contribution is 0.0980. The molecule has 3 aromatic carbocycles. The first-order valence-corrected chi connectivity index (χ1v) is 8.25. The first-order valence-electron chi connectivity index (χ1n) is 8.25. The summed E-state index contributed by atoms with van der Waals surface area (Å²) in [6.45, 7) is 0. The number of carbonyl (C=O) groups is 2. The fraction of sp³-hybridized carbons (Fsp3) is 0.0435. The normalized spacial score (nSPS) is 13.6. The highest BCUT2D eigenvalue weighted by Gasteiger charge is 2.31. The first kappa shape index (κ1) is 15.3. The molecule has 2 nitrogen and oxygen atoms in total. The maximum atomic E-state index is 13.1. The first-order chi connectivity index (χ1) is 12.3. The number of rotatable bonds is 3. The number of hydrogen-bond donors (Lipinski definition) is 0. The van der Waals surface area contributed by atoms with Crippen molar-refractivity contribution in [2.75, 3.05) is 0 Å². The Labute approximate surface area is 146 Å². The molecular weight excluding hydrogens is 308 g/mol. The molecular formula is C23H16O2. The Bertz CT molecular complexity index is 930. The van der Waals surface area contributed by atoms with Crippen molar-refractivity contribution in [2.24, 2.45) is 0 Å². The van der Waals surface area contributed by atoms with Gasteiger partial charge >= 0.3 is 0 Å². The number of benzene rings is 3. The lowest BCUT2D eigenvalue weighted by Crippen LogP contribution is -2.21. The predicted octanol–water partition coefficient (Wildman–Crippen LogP) is 4.82. The van der Waals surface area contributed by atoms with Crippen molar-refractivity contribution < 1.29 is 9.59 Å². The molecule has 4 rings (SSSR count). The molecule has 0 saturated heterocycles. The Hall–Kier alpha value is -3.26. The molecule has 0 atom stereocenters. The van der Waals surface area contributed by atoms with Crippen LogP contribution >= 0.6 is 0 Å². The van der Waals surface area contributed by atoms with Crippen LogP contribution in [0.4, 0.5) is 0 Å². The third-order valence-corrected chi connectivity index (χ3v) is 4.56. The second-order valence-corrected chi connectivity index (χ2v) is 6.09. The summed E-state index contributed by atoms with van der Waals surface area (Å²) >= 11 is 0. The highest BCUT2D eigenvalue weighted by Crippen LogP contribution is 2.36. The van der Waals surface area contributed by atoms with Crippen molar-refractivity contribution in [3.63, 3.8) is 0 Å². The quantitative estimate of drug-likeness (QED) is 0.692. The van der Waals surface area contributed by atoms with Crippen LogP contribution in [-0.2, 0) is 0 Å². The fourth-order valence-electron chi connectivity index (χ4n) is 3.39. The van der Waals surface area contributed by atoms with Crippen molar-refractivity contribution in [2.45, 2.75) is 5.92 Å². The van der Waals surface area contributed by atoms with E-state index in [-0.39, 0.29) is 17.5 Å². The van der Waals surface area contributed by atoms with E-state index in [0.29, 0.717) is 16.7 Å². The molecule has 0 unspecified atom stereocenters. The van der Waals surface area contributed by atoms with Gasteiger partial charge in [-0.3, -0.25) is 9.59 Å². The third kappa shape index (κ3) is 2.72. The Morgan fingerprint density at radius 1 is 0.560 bits per heavy atom. The van der Waals surface area contributed by atoms with E-state index in [0.717, 1.165) is 11.1 Å². The summed E-state index contributed by atoms with van der Waals surface area (Å²) in [5.41, 5.74) is 3.50. The number of carbonyl (C=O) groups excluding carboxylic acids is 2. The zero-order chi connectivity index (χ0) is 17.2. The van der Waals surface area contributed by atoms with Gasteiger partial charge in [0.15, 0.2) is 11.6 Å². The van der Waals surface area contributed by atoms with Gasteiger partial charge in [0.25, 0.3) is 0 Å². The van der Waals surface area contributed by atoms with Crippen LogP contribution in [0.25, 0.3) is 0 Å². The topological polar surface area (TPSA) is 34.1 Å². The van der Waals surface area contributed by atoms with Crippen molar-refractivity contribution in [1.29, 1.82) is 0 Å². The maximum Gasteiger partial charge on any atom is 0.190 e. The van der Waals surface area contributed by atoms with Crippen LogP contribution in [0.15, 0.2) is 96.6 Å². The molecule has 0 heterocycles. The van der Waals surface area contributed by atoms with Crippen LogP contribution in [-0.4, -0.2) is 11.6 Å². The van der Waals surface area contributed by atoms with Gasteiger partial charge in [-0.1, -0.05) is 84.9 Å². The Balaban J connectivity index is 1.89. The van der Waals surface area contributed by atoms with Gasteiger partial charge in [0.2, 0.25) is 0 Å². The average molecular weight is 324 g/mol. The standard InChI is InChI=1S/C23H16O2/c24-21-15-20(23(25)19-14-8-7-13-18(19)21)22(16-9-3-1-4-10-16)17-11-5-2-6-12-17/h1-15,22H. The number of Topliss-reactive ketones (excluding diaryl/α,β-unsaturated/α-hetero) is 1. The molecule has 120 valence electrons. The molecule has 0 aromatic heterocycles. The molecule has 0 N–H and O–H groups in total. The number of ketones is 2. The largest absolute Gasteiger partial charge is 0.289 e. The molecule has 25 heavy (non-hydrogen) atoms. The van der Waals surface area contributed by atoms with E-state index in [9.17, 15) is 9.59 Å². The van der Waals surface area contributed by atoms with Crippen molar-refractivity contribution >= 4 is 11.6 Å². The molecule has 3 aromatic rings. The van der Waals surface area contributed by atoms with Crippen LogP contribution in [0.3, 0.4) is 0 Å². The van der Waals surface area contributed by atoms with Crippen molar-refractivity contribution in [3.05, 3.63) is 119 Å². The predicted molar refractivity (Wildman–Crippen MR) is 97.9 cm³/mol. The second-order valence-electron chi connectivity index (χ2n) is 6.09. The molecule has 0 radical (unpaired) electrons. The van der Waals surface area contributed by atoms with E-state index in [1.54, 1.807) is 24.3 Å². The minimum absolute atomic E-state index is 0.0760. The molecule has 0 saturated carbocycles. The molecule has 0 bridgehead atoms. The zero-order valence-corrected chi connectivity index (χ0v) is 13.6. The smallest absolute Gasteiger partial charge is 0.190 e. The summed E-state index contributed by atoms with van der Waals surface area (Å²) in [5, 5.41) is 0. The van der Waals surface area contributed by atoms with Gasteiger partial charge in [0, 0.05) is 22.6 Å². The number of fused-ring (bicyclic) bond motifs is 1. The molecule has 0 amide bonds. The second kappa shape index (κ2) is 6.33. The van der Waals surface area contributed by atoms with Crippen LogP contribution < -0.4 is 0 Å². The van der Waals surface area contributed by atoms with Gasteiger partial charge in [-0.2, -0.15) is 0 Å². The summed E-state index contributed by atoms with van der Waals surface area (Å²) in [5.74, 6) is -0.442.